The Morgan fingerprint density at radius 1 is 1.33 bits per heavy atom. The average molecular weight is 295 g/mol. The van der Waals surface area contributed by atoms with Crippen molar-refractivity contribution >= 4 is 11.7 Å². The molecule has 2 N–H and O–H groups in total. The zero-order valence-electron chi connectivity index (χ0n) is 13.4. The van der Waals surface area contributed by atoms with Crippen LogP contribution in [-0.4, -0.2) is 23.5 Å². The molecule has 1 atom stereocenters. The number of pyridine rings is 1. The molecule has 0 aliphatic rings. The Labute approximate surface area is 126 Å². The van der Waals surface area contributed by atoms with Crippen LogP contribution < -0.4 is 10.6 Å². The molecule has 1 rings (SSSR count). The number of hydrogen-bond acceptors (Lipinski definition) is 3. The molecular formula is C16H26FN3O. The van der Waals surface area contributed by atoms with Gasteiger partial charge in [-0.2, -0.15) is 0 Å². The molecule has 0 saturated heterocycles. The molecule has 0 aliphatic heterocycles. The molecule has 1 unspecified atom stereocenters. The number of aromatic nitrogens is 1. The highest BCUT2D eigenvalue weighted by Gasteiger charge is 2.17. The van der Waals surface area contributed by atoms with E-state index in [1.54, 1.807) is 0 Å². The summed E-state index contributed by atoms with van der Waals surface area (Å²) in [7, 11) is 0. The van der Waals surface area contributed by atoms with Gasteiger partial charge in [0.05, 0.1) is 5.56 Å². The van der Waals surface area contributed by atoms with Gasteiger partial charge in [-0.3, -0.25) is 4.79 Å². The first-order valence-corrected chi connectivity index (χ1v) is 7.64. The van der Waals surface area contributed by atoms with Crippen molar-refractivity contribution < 1.29 is 9.18 Å². The molecule has 4 nitrogen and oxygen atoms in total. The van der Waals surface area contributed by atoms with Gasteiger partial charge in [-0.05, 0) is 32.3 Å². The summed E-state index contributed by atoms with van der Waals surface area (Å²) >= 11 is 0. The van der Waals surface area contributed by atoms with Crippen LogP contribution in [-0.2, 0) is 0 Å². The number of anilines is 1. The standard InChI is InChI=1S/C16H26FN3O/c1-5-18-15-14(17)13(9-10-19-15)16(21)20-12(4)8-6-7-11(2)3/h9-12H,5-8H2,1-4H3,(H,18,19)(H,20,21). The van der Waals surface area contributed by atoms with Crippen LogP contribution in [0.3, 0.4) is 0 Å². The van der Waals surface area contributed by atoms with Crippen molar-refractivity contribution in [2.24, 2.45) is 5.92 Å². The lowest BCUT2D eigenvalue weighted by atomic mass is 10.0. The fourth-order valence-electron chi connectivity index (χ4n) is 2.12. The van der Waals surface area contributed by atoms with Crippen LogP contribution in [0.4, 0.5) is 10.2 Å². The Morgan fingerprint density at radius 2 is 2.05 bits per heavy atom. The van der Waals surface area contributed by atoms with Gasteiger partial charge >= 0.3 is 0 Å². The topological polar surface area (TPSA) is 54.0 Å². The molecule has 0 radical (unpaired) electrons. The largest absolute Gasteiger partial charge is 0.368 e. The Hall–Kier alpha value is -1.65. The number of amides is 1. The zero-order valence-corrected chi connectivity index (χ0v) is 13.4. The van der Waals surface area contributed by atoms with E-state index in [9.17, 15) is 9.18 Å². The van der Waals surface area contributed by atoms with Gasteiger partial charge in [-0.15, -0.1) is 0 Å². The first-order valence-electron chi connectivity index (χ1n) is 7.64. The number of nitrogens with one attached hydrogen (secondary N) is 2. The monoisotopic (exact) mass is 295 g/mol. The summed E-state index contributed by atoms with van der Waals surface area (Å²) < 4.78 is 14.1. The van der Waals surface area contributed by atoms with Crippen LogP contribution in [0, 0.1) is 11.7 Å². The number of rotatable bonds is 8. The predicted molar refractivity (Wildman–Crippen MR) is 84.0 cm³/mol. The van der Waals surface area contributed by atoms with Crippen LogP contribution >= 0.6 is 0 Å². The number of carbonyl (C=O) groups is 1. The summed E-state index contributed by atoms with van der Waals surface area (Å²) in [6.45, 7) is 8.71. The highest BCUT2D eigenvalue weighted by molar-refractivity contribution is 5.95. The van der Waals surface area contributed by atoms with Crippen molar-refractivity contribution in [3.63, 3.8) is 0 Å². The second-order valence-electron chi connectivity index (χ2n) is 5.75. The summed E-state index contributed by atoms with van der Waals surface area (Å²) in [5.41, 5.74) is 0.0386. The third-order valence-electron chi connectivity index (χ3n) is 3.27. The molecule has 1 heterocycles. The third-order valence-corrected chi connectivity index (χ3v) is 3.27. The number of nitrogens with zero attached hydrogens (tertiary/aromatic N) is 1. The number of halogens is 1. The van der Waals surface area contributed by atoms with Gasteiger partial charge in [0.2, 0.25) is 0 Å². The van der Waals surface area contributed by atoms with E-state index in [-0.39, 0.29) is 23.3 Å². The summed E-state index contributed by atoms with van der Waals surface area (Å²) in [5, 5.41) is 5.65. The average Bonchev–Trinajstić information content (AvgIpc) is 2.40. The maximum atomic E-state index is 14.1. The lowest BCUT2D eigenvalue weighted by molar-refractivity contribution is 0.0933. The molecule has 1 amide bonds. The van der Waals surface area contributed by atoms with Crippen molar-refractivity contribution in [3.05, 3.63) is 23.6 Å². The number of carbonyl (C=O) groups excluding carboxylic acids is 1. The maximum absolute atomic E-state index is 14.1. The summed E-state index contributed by atoms with van der Waals surface area (Å²) in [6.07, 6.45) is 4.53. The van der Waals surface area contributed by atoms with Crippen LogP contribution in [0.2, 0.25) is 0 Å². The smallest absolute Gasteiger partial charge is 0.254 e. The van der Waals surface area contributed by atoms with Gasteiger partial charge in [-0.25, -0.2) is 9.37 Å². The normalized spacial score (nSPS) is 12.3. The predicted octanol–water partition coefficient (Wildman–Crippen LogP) is 3.60. The van der Waals surface area contributed by atoms with E-state index in [1.807, 2.05) is 13.8 Å². The maximum Gasteiger partial charge on any atom is 0.254 e. The van der Waals surface area contributed by atoms with Crippen LogP contribution in [0.25, 0.3) is 0 Å². The van der Waals surface area contributed by atoms with Crippen LogP contribution in [0.5, 0.6) is 0 Å². The van der Waals surface area contributed by atoms with Crippen molar-refractivity contribution in [2.75, 3.05) is 11.9 Å². The molecule has 0 aliphatic carbocycles. The van der Waals surface area contributed by atoms with Crippen molar-refractivity contribution in [3.8, 4) is 0 Å². The molecule has 5 heteroatoms. The summed E-state index contributed by atoms with van der Waals surface area (Å²) in [5.74, 6) is -0.192. The minimum absolute atomic E-state index is 0.0337. The minimum atomic E-state index is -0.591. The van der Waals surface area contributed by atoms with E-state index in [2.05, 4.69) is 29.5 Å². The highest BCUT2D eigenvalue weighted by atomic mass is 19.1. The summed E-state index contributed by atoms with van der Waals surface area (Å²) in [6, 6.07) is 1.44. The fraction of sp³-hybridized carbons (Fsp3) is 0.625. The van der Waals surface area contributed by atoms with Crippen molar-refractivity contribution in [1.82, 2.24) is 10.3 Å². The molecule has 0 fully saturated rings. The molecule has 1 aromatic rings. The lowest BCUT2D eigenvalue weighted by Crippen LogP contribution is -2.33. The highest BCUT2D eigenvalue weighted by Crippen LogP contribution is 2.15. The van der Waals surface area contributed by atoms with E-state index in [1.165, 1.54) is 12.3 Å². The van der Waals surface area contributed by atoms with Gasteiger partial charge < -0.3 is 10.6 Å². The van der Waals surface area contributed by atoms with Crippen LogP contribution in [0.1, 0.15) is 57.3 Å². The van der Waals surface area contributed by atoms with Crippen molar-refractivity contribution in [1.29, 1.82) is 0 Å². The van der Waals surface area contributed by atoms with Crippen molar-refractivity contribution in [2.45, 2.75) is 53.0 Å². The van der Waals surface area contributed by atoms with E-state index in [0.29, 0.717) is 12.5 Å². The van der Waals surface area contributed by atoms with Gasteiger partial charge in [0, 0.05) is 18.8 Å². The third kappa shape index (κ3) is 5.69. The quantitative estimate of drug-likeness (QED) is 0.770. The Morgan fingerprint density at radius 3 is 2.67 bits per heavy atom. The van der Waals surface area contributed by atoms with E-state index in [0.717, 1.165) is 19.3 Å². The molecular weight excluding hydrogens is 269 g/mol. The Balaban J connectivity index is 2.61. The minimum Gasteiger partial charge on any atom is -0.368 e. The fourth-order valence-corrected chi connectivity index (χ4v) is 2.12. The Bertz CT molecular complexity index is 463. The molecule has 1 aromatic heterocycles. The second kappa shape index (κ2) is 8.60. The molecule has 0 spiro atoms. The Kier molecular flexibility index (Phi) is 7.12. The van der Waals surface area contributed by atoms with Gasteiger partial charge in [0.25, 0.3) is 5.91 Å². The zero-order chi connectivity index (χ0) is 15.8. The first kappa shape index (κ1) is 17.4. The second-order valence-corrected chi connectivity index (χ2v) is 5.75. The molecule has 21 heavy (non-hydrogen) atoms. The molecule has 0 bridgehead atoms. The molecule has 0 saturated carbocycles. The van der Waals surface area contributed by atoms with Gasteiger partial charge in [0.1, 0.15) is 0 Å². The first-order chi connectivity index (χ1) is 9.95. The molecule has 118 valence electrons. The van der Waals surface area contributed by atoms with Crippen LogP contribution in [0.15, 0.2) is 12.3 Å². The van der Waals surface area contributed by atoms with E-state index >= 15 is 0 Å². The van der Waals surface area contributed by atoms with Gasteiger partial charge in [-0.1, -0.05) is 26.7 Å². The van der Waals surface area contributed by atoms with Gasteiger partial charge in [0.15, 0.2) is 11.6 Å². The number of hydrogen-bond donors (Lipinski definition) is 2. The van der Waals surface area contributed by atoms with E-state index in [4.69, 9.17) is 0 Å². The summed E-state index contributed by atoms with van der Waals surface area (Å²) in [4.78, 5) is 16.0. The molecule has 0 aromatic carbocycles. The SMILES string of the molecule is CCNc1nccc(C(=O)NC(C)CCCC(C)C)c1F. The van der Waals surface area contributed by atoms with E-state index < -0.39 is 5.82 Å². The lowest BCUT2D eigenvalue weighted by Gasteiger charge is -2.15.